The van der Waals surface area contributed by atoms with E-state index in [-0.39, 0.29) is 0 Å². The van der Waals surface area contributed by atoms with E-state index >= 15 is 0 Å². The first-order valence-corrected chi connectivity index (χ1v) is 9.02. The Labute approximate surface area is 146 Å². The van der Waals surface area contributed by atoms with E-state index < -0.39 is 0 Å². The molecule has 0 saturated carbocycles. The van der Waals surface area contributed by atoms with Crippen LogP contribution in [0.2, 0.25) is 5.02 Å². The van der Waals surface area contributed by atoms with Crippen LogP contribution in [0.3, 0.4) is 0 Å². The summed E-state index contributed by atoms with van der Waals surface area (Å²) in [4.78, 5) is 0. The summed E-state index contributed by atoms with van der Waals surface area (Å²) >= 11 is 13.3. The van der Waals surface area contributed by atoms with Crippen molar-refractivity contribution in [3.63, 3.8) is 0 Å². The van der Waals surface area contributed by atoms with E-state index in [9.17, 15) is 0 Å². The molecule has 0 saturated heterocycles. The minimum atomic E-state index is 0.625. The number of hydrogen-bond acceptors (Lipinski definition) is 2. The van der Waals surface area contributed by atoms with E-state index in [1.54, 1.807) is 0 Å². The summed E-state index contributed by atoms with van der Waals surface area (Å²) in [5, 5.41) is 7.72. The standard InChI is InChI=1S/C17H19ClN2S2/c1-13-7-8-15(11-16(13)18)20-17(21)19-9-10-22-12-14-5-3-2-4-6-14/h2-8,11H,9-10,12H2,1H3,(H2,19,20,21). The molecule has 0 aliphatic rings. The lowest BCUT2D eigenvalue weighted by Crippen LogP contribution is -2.30. The molecule has 2 N–H and O–H groups in total. The van der Waals surface area contributed by atoms with Crippen molar-refractivity contribution in [2.24, 2.45) is 0 Å². The van der Waals surface area contributed by atoms with E-state index in [2.05, 4.69) is 34.9 Å². The Hall–Kier alpha value is -1.23. The van der Waals surface area contributed by atoms with Gasteiger partial charge in [0.15, 0.2) is 5.11 Å². The van der Waals surface area contributed by atoms with Gasteiger partial charge in [-0.15, -0.1) is 0 Å². The fraction of sp³-hybridized carbons (Fsp3) is 0.235. The molecule has 0 bridgehead atoms. The second-order valence-corrected chi connectivity index (χ2v) is 6.80. The van der Waals surface area contributed by atoms with Crippen molar-refractivity contribution in [2.75, 3.05) is 17.6 Å². The molecular weight excluding hydrogens is 332 g/mol. The molecule has 2 nitrogen and oxygen atoms in total. The van der Waals surface area contributed by atoms with Crippen LogP contribution in [0.25, 0.3) is 0 Å². The second kappa shape index (κ2) is 9.03. The fourth-order valence-corrected chi connectivity index (χ4v) is 3.07. The molecule has 2 aromatic rings. The minimum Gasteiger partial charge on any atom is -0.362 e. The van der Waals surface area contributed by atoms with Crippen molar-refractivity contribution < 1.29 is 0 Å². The highest BCUT2D eigenvalue weighted by Crippen LogP contribution is 2.19. The predicted octanol–water partition coefficient (Wildman–Crippen LogP) is 4.87. The number of anilines is 1. The molecule has 22 heavy (non-hydrogen) atoms. The molecule has 5 heteroatoms. The van der Waals surface area contributed by atoms with Gasteiger partial charge in [0.2, 0.25) is 0 Å². The van der Waals surface area contributed by atoms with Crippen LogP contribution in [0.1, 0.15) is 11.1 Å². The van der Waals surface area contributed by atoms with Gasteiger partial charge in [-0.1, -0.05) is 48.0 Å². The lowest BCUT2D eigenvalue weighted by Gasteiger charge is -2.11. The predicted molar refractivity (Wildman–Crippen MR) is 103 cm³/mol. The number of aryl methyl sites for hydroxylation is 1. The Morgan fingerprint density at radius 1 is 1.18 bits per heavy atom. The van der Waals surface area contributed by atoms with Crippen molar-refractivity contribution >= 4 is 46.4 Å². The van der Waals surface area contributed by atoms with Gasteiger partial charge < -0.3 is 10.6 Å². The smallest absolute Gasteiger partial charge is 0.170 e. The Morgan fingerprint density at radius 3 is 2.68 bits per heavy atom. The molecule has 0 amide bonds. The van der Waals surface area contributed by atoms with Crippen LogP contribution in [0.5, 0.6) is 0 Å². The van der Waals surface area contributed by atoms with Gasteiger partial charge in [0.05, 0.1) is 0 Å². The number of benzene rings is 2. The van der Waals surface area contributed by atoms with Gasteiger partial charge in [0.1, 0.15) is 0 Å². The van der Waals surface area contributed by atoms with E-state index in [0.29, 0.717) is 5.11 Å². The lowest BCUT2D eigenvalue weighted by molar-refractivity contribution is 0.990. The van der Waals surface area contributed by atoms with Crippen LogP contribution in [-0.2, 0) is 5.75 Å². The third-order valence-corrected chi connectivity index (χ3v) is 4.76. The van der Waals surface area contributed by atoms with Gasteiger partial charge in [-0.2, -0.15) is 11.8 Å². The van der Waals surface area contributed by atoms with Crippen LogP contribution in [0, 0.1) is 6.92 Å². The molecule has 116 valence electrons. The van der Waals surface area contributed by atoms with Crippen molar-refractivity contribution in [2.45, 2.75) is 12.7 Å². The largest absolute Gasteiger partial charge is 0.362 e. The zero-order chi connectivity index (χ0) is 15.8. The Balaban J connectivity index is 1.64. The molecule has 0 fully saturated rings. The van der Waals surface area contributed by atoms with Crippen LogP contribution in [-0.4, -0.2) is 17.4 Å². The molecule has 0 spiro atoms. The zero-order valence-corrected chi connectivity index (χ0v) is 14.8. The highest BCUT2D eigenvalue weighted by Gasteiger charge is 2.00. The first-order chi connectivity index (χ1) is 10.6. The molecule has 0 radical (unpaired) electrons. The van der Waals surface area contributed by atoms with Gasteiger partial charge in [0.25, 0.3) is 0 Å². The summed E-state index contributed by atoms with van der Waals surface area (Å²) in [5.74, 6) is 2.03. The van der Waals surface area contributed by atoms with E-state index in [0.717, 1.165) is 34.3 Å². The fourth-order valence-electron chi connectivity index (χ4n) is 1.85. The van der Waals surface area contributed by atoms with Crippen molar-refractivity contribution in [3.8, 4) is 0 Å². The number of nitrogens with one attached hydrogen (secondary N) is 2. The van der Waals surface area contributed by atoms with Gasteiger partial charge in [-0.3, -0.25) is 0 Å². The Bertz CT molecular complexity index is 617. The first kappa shape index (κ1) is 17.1. The molecule has 2 rings (SSSR count). The zero-order valence-electron chi connectivity index (χ0n) is 12.4. The highest BCUT2D eigenvalue weighted by molar-refractivity contribution is 7.98. The van der Waals surface area contributed by atoms with Crippen LogP contribution in [0.4, 0.5) is 5.69 Å². The van der Waals surface area contributed by atoms with Crippen molar-refractivity contribution in [1.82, 2.24) is 5.32 Å². The topological polar surface area (TPSA) is 24.1 Å². The summed E-state index contributed by atoms with van der Waals surface area (Å²) < 4.78 is 0. The Kier molecular flexibility index (Phi) is 7.03. The van der Waals surface area contributed by atoms with Gasteiger partial charge >= 0.3 is 0 Å². The van der Waals surface area contributed by atoms with E-state index in [1.807, 2.05) is 43.0 Å². The van der Waals surface area contributed by atoms with Gasteiger partial charge in [-0.05, 0) is 42.4 Å². The summed E-state index contributed by atoms with van der Waals surface area (Å²) in [7, 11) is 0. The average molecular weight is 351 g/mol. The maximum absolute atomic E-state index is 6.09. The molecule has 0 unspecified atom stereocenters. The van der Waals surface area contributed by atoms with E-state index in [1.165, 1.54) is 5.56 Å². The van der Waals surface area contributed by atoms with Crippen LogP contribution < -0.4 is 10.6 Å². The van der Waals surface area contributed by atoms with E-state index in [4.69, 9.17) is 23.8 Å². The quantitative estimate of drug-likeness (QED) is 0.573. The maximum atomic E-state index is 6.09. The normalized spacial score (nSPS) is 10.3. The maximum Gasteiger partial charge on any atom is 0.170 e. The van der Waals surface area contributed by atoms with Crippen LogP contribution >= 0.6 is 35.6 Å². The lowest BCUT2D eigenvalue weighted by atomic mass is 10.2. The summed E-state index contributed by atoms with van der Waals surface area (Å²) in [6.07, 6.45) is 0. The van der Waals surface area contributed by atoms with Gasteiger partial charge in [0, 0.05) is 28.8 Å². The molecular formula is C17H19ClN2S2. The molecule has 0 aliphatic carbocycles. The molecule has 0 heterocycles. The average Bonchev–Trinajstić information content (AvgIpc) is 2.52. The monoisotopic (exact) mass is 350 g/mol. The number of hydrogen-bond donors (Lipinski definition) is 2. The SMILES string of the molecule is Cc1ccc(NC(=S)NCCSCc2ccccc2)cc1Cl. The summed E-state index contributed by atoms with van der Waals surface area (Å²) in [6, 6.07) is 16.3. The van der Waals surface area contributed by atoms with Crippen molar-refractivity contribution in [3.05, 3.63) is 64.7 Å². The van der Waals surface area contributed by atoms with Crippen molar-refractivity contribution in [1.29, 1.82) is 0 Å². The van der Waals surface area contributed by atoms with Gasteiger partial charge in [-0.25, -0.2) is 0 Å². The molecule has 0 aromatic heterocycles. The van der Waals surface area contributed by atoms with Crippen LogP contribution in [0.15, 0.2) is 48.5 Å². The third kappa shape index (κ3) is 5.87. The molecule has 0 atom stereocenters. The first-order valence-electron chi connectivity index (χ1n) is 7.08. The Morgan fingerprint density at radius 2 is 1.95 bits per heavy atom. The molecule has 2 aromatic carbocycles. The second-order valence-electron chi connectivity index (χ2n) is 4.88. The summed E-state index contributed by atoms with van der Waals surface area (Å²) in [5.41, 5.74) is 3.32. The number of thioether (sulfide) groups is 1. The minimum absolute atomic E-state index is 0.625. The number of halogens is 1. The summed E-state index contributed by atoms with van der Waals surface area (Å²) in [6.45, 7) is 2.82. The third-order valence-electron chi connectivity index (χ3n) is 3.07. The molecule has 0 aliphatic heterocycles. The highest BCUT2D eigenvalue weighted by atomic mass is 35.5. The number of rotatable bonds is 6. The number of thiocarbonyl (C=S) groups is 1.